The Hall–Kier alpha value is -2.30. The lowest BCUT2D eigenvalue weighted by atomic mass is 10.0. The van der Waals surface area contributed by atoms with Gasteiger partial charge in [0.05, 0.1) is 0 Å². The van der Waals surface area contributed by atoms with Crippen molar-refractivity contribution >= 4 is 6.03 Å². The number of benzene rings is 1. The highest BCUT2D eigenvalue weighted by atomic mass is 19.1. The number of hydrogen-bond donors (Lipinski definition) is 1. The van der Waals surface area contributed by atoms with Crippen LogP contribution in [0.25, 0.3) is 0 Å². The molecule has 1 atom stereocenters. The first-order chi connectivity index (χ1) is 11.6. The number of hydrogen-bond acceptors (Lipinski definition) is 1. The van der Waals surface area contributed by atoms with Crippen LogP contribution in [0.4, 0.5) is 9.18 Å². The van der Waals surface area contributed by atoms with Crippen molar-refractivity contribution < 1.29 is 9.18 Å². The van der Waals surface area contributed by atoms with Gasteiger partial charge < -0.3 is 14.8 Å². The number of rotatable bonds is 4. The Kier molecular flexibility index (Phi) is 5.18. The second-order valence-electron chi connectivity index (χ2n) is 6.49. The van der Waals surface area contributed by atoms with Crippen LogP contribution in [0.2, 0.25) is 0 Å². The second kappa shape index (κ2) is 7.51. The molecule has 0 radical (unpaired) electrons. The van der Waals surface area contributed by atoms with Gasteiger partial charge in [0.15, 0.2) is 0 Å². The van der Waals surface area contributed by atoms with Gasteiger partial charge in [-0.1, -0.05) is 18.2 Å². The van der Waals surface area contributed by atoms with E-state index in [4.69, 9.17) is 0 Å². The van der Waals surface area contributed by atoms with Crippen LogP contribution in [0.3, 0.4) is 0 Å². The van der Waals surface area contributed by atoms with Crippen molar-refractivity contribution in [1.29, 1.82) is 0 Å². The number of urea groups is 1. The van der Waals surface area contributed by atoms with Gasteiger partial charge in [0.2, 0.25) is 0 Å². The number of piperidine rings is 1. The molecule has 1 N–H and O–H groups in total. The van der Waals surface area contributed by atoms with E-state index in [1.54, 1.807) is 12.1 Å². The van der Waals surface area contributed by atoms with Crippen LogP contribution < -0.4 is 5.32 Å². The molecule has 5 heteroatoms. The molecular formula is C19H24FN3O. The monoisotopic (exact) mass is 329 g/mol. The molecule has 0 aliphatic carbocycles. The quantitative estimate of drug-likeness (QED) is 0.914. The number of aromatic nitrogens is 1. The first kappa shape index (κ1) is 16.6. The SMILES string of the molecule is C[C@H](Cc1ccccc1F)NC(=O)N1CCC(n2cccc2)CC1. The summed E-state index contributed by atoms with van der Waals surface area (Å²) in [6.07, 6.45) is 6.58. The molecule has 1 saturated heterocycles. The summed E-state index contributed by atoms with van der Waals surface area (Å²) in [6.45, 7) is 3.42. The summed E-state index contributed by atoms with van der Waals surface area (Å²) in [5.41, 5.74) is 0.636. The minimum Gasteiger partial charge on any atom is -0.351 e. The number of nitrogens with zero attached hydrogens (tertiary/aromatic N) is 2. The average molecular weight is 329 g/mol. The summed E-state index contributed by atoms with van der Waals surface area (Å²) >= 11 is 0. The summed E-state index contributed by atoms with van der Waals surface area (Å²) in [7, 11) is 0. The molecule has 1 aliphatic rings. The zero-order valence-electron chi connectivity index (χ0n) is 14.0. The summed E-state index contributed by atoms with van der Waals surface area (Å²) in [4.78, 5) is 14.3. The zero-order valence-corrected chi connectivity index (χ0v) is 14.0. The third-order valence-electron chi connectivity index (χ3n) is 4.65. The van der Waals surface area contributed by atoms with E-state index in [1.165, 1.54) is 6.07 Å². The minimum atomic E-state index is -0.217. The van der Waals surface area contributed by atoms with Crippen LogP contribution in [0, 0.1) is 5.82 Å². The summed E-state index contributed by atoms with van der Waals surface area (Å²) in [6, 6.07) is 11.1. The van der Waals surface area contributed by atoms with Crippen LogP contribution in [0.1, 0.15) is 31.4 Å². The van der Waals surface area contributed by atoms with Crippen molar-refractivity contribution in [2.75, 3.05) is 13.1 Å². The van der Waals surface area contributed by atoms with E-state index in [0.29, 0.717) is 18.0 Å². The fourth-order valence-corrected chi connectivity index (χ4v) is 3.31. The van der Waals surface area contributed by atoms with Crippen molar-refractivity contribution in [2.45, 2.75) is 38.3 Å². The average Bonchev–Trinajstić information content (AvgIpc) is 3.11. The third-order valence-corrected chi connectivity index (χ3v) is 4.65. The number of amides is 2. The molecule has 0 saturated carbocycles. The molecule has 128 valence electrons. The number of carbonyl (C=O) groups excluding carboxylic acids is 1. The Labute approximate surface area is 142 Å². The summed E-state index contributed by atoms with van der Waals surface area (Å²) in [5.74, 6) is -0.217. The Morgan fingerprint density at radius 2 is 1.88 bits per heavy atom. The van der Waals surface area contributed by atoms with Crippen LogP contribution in [-0.4, -0.2) is 34.6 Å². The first-order valence-electron chi connectivity index (χ1n) is 8.55. The van der Waals surface area contributed by atoms with Crippen LogP contribution in [0.5, 0.6) is 0 Å². The fourth-order valence-electron chi connectivity index (χ4n) is 3.31. The largest absolute Gasteiger partial charge is 0.351 e. The van der Waals surface area contributed by atoms with Gasteiger partial charge in [0.1, 0.15) is 5.82 Å². The van der Waals surface area contributed by atoms with Gasteiger partial charge >= 0.3 is 6.03 Å². The van der Waals surface area contributed by atoms with Crippen molar-refractivity contribution in [3.05, 3.63) is 60.2 Å². The topological polar surface area (TPSA) is 37.3 Å². The van der Waals surface area contributed by atoms with Gasteiger partial charge in [-0.3, -0.25) is 0 Å². The number of halogens is 1. The zero-order chi connectivity index (χ0) is 16.9. The first-order valence-corrected chi connectivity index (χ1v) is 8.55. The molecule has 24 heavy (non-hydrogen) atoms. The smallest absolute Gasteiger partial charge is 0.317 e. The molecule has 1 fully saturated rings. The highest BCUT2D eigenvalue weighted by molar-refractivity contribution is 5.74. The van der Waals surface area contributed by atoms with Crippen molar-refractivity contribution in [3.63, 3.8) is 0 Å². The Morgan fingerprint density at radius 3 is 2.54 bits per heavy atom. The van der Waals surface area contributed by atoms with Gasteiger partial charge in [-0.15, -0.1) is 0 Å². The van der Waals surface area contributed by atoms with Crippen LogP contribution >= 0.6 is 0 Å². The van der Waals surface area contributed by atoms with Crippen molar-refractivity contribution in [3.8, 4) is 0 Å². The van der Waals surface area contributed by atoms with Gasteiger partial charge in [0.25, 0.3) is 0 Å². The molecule has 0 bridgehead atoms. The van der Waals surface area contributed by atoms with E-state index in [0.717, 1.165) is 25.9 Å². The van der Waals surface area contributed by atoms with E-state index in [2.05, 4.69) is 22.3 Å². The summed E-state index contributed by atoms with van der Waals surface area (Å²) < 4.78 is 15.9. The third kappa shape index (κ3) is 3.96. The lowest BCUT2D eigenvalue weighted by molar-refractivity contribution is 0.169. The van der Waals surface area contributed by atoms with Crippen molar-refractivity contribution in [1.82, 2.24) is 14.8 Å². The lowest BCUT2D eigenvalue weighted by Gasteiger charge is -2.33. The molecule has 0 unspecified atom stereocenters. The maximum absolute atomic E-state index is 13.7. The van der Waals surface area contributed by atoms with E-state index in [9.17, 15) is 9.18 Å². The molecule has 1 aromatic carbocycles. The van der Waals surface area contributed by atoms with Crippen LogP contribution in [0.15, 0.2) is 48.8 Å². The predicted octanol–water partition coefficient (Wildman–Crippen LogP) is 3.60. The molecule has 2 heterocycles. The van der Waals surface area contributed by atoms with Gasteiger partial charge in [-0.25, -0.2) is 9.18 Å². The van der Waals surface area contributed by atoms with E-state index in [1.807, 2.05) is 30.0 Å². The molecule has 2 amide bonds. The number of likely N-dealkylation sites (tertiary alicyclic amines) is 1. The summed E-state index contributed by atoms with van der Waals surface area (Å²) in [5, 5.41) is 2.99. The Morgan fingerprint density at radius 1 is 1.21 bits per heavy atom. The minimum absolute atomic E-state index is 0.0511. The highest BCUT2D eigenvalue weighted by Crippen LogP contribution is 2.22. The van der Waals surface area contributed by atoms with E-state index >= 15 is 0 Å². The molecule has 0 spiro atoms. The van der Waals surface area contributed by atoms with Crippen molar-refractivity contribution in [2.24, 2.45) is 0 Å². The molecular weight excluding hydrogens is 305 g/mol. The second-order valence-corrected chi connectivity index (χ2v) is 6.49. The highest BCUT2D eigenvalue weighted by Gasteiger charge is 2.24. The normalized spacial score (nSPS) is 16.8. The van der Waals surface area contributed by atoms with Crippen LogP contribution in [-0.2, 0) is 6.42 Å². The predicted molar refractivity (Wildman–Crippen MR) is 92.4 cm³/mol. The number of carbonyl (C=O) groups is 1. The standard InChI is InChI=1S/C19H24FN3O/c1-15(14-16-6-2-3-7-18(16)20)21-19(24)23-12-8-17(9-13-23)22-10-4-5-11-22/h2-7,10-11,15,17H,8-9,12-14H2,1H3,(H,21,24)/t15-/m1/s1. The van der Waals surface area contributed by atoms with E-state index in [-0.39, 0.29) is 17.9 Å². The maximum atomic E-state index is 13.7. The fraction of sp³-hybridized carbons (Fsp3) is 0.421. The number of nitrogens with one attached hydrogen (secondary N) is 1. The Balaban J connectivity index is 1.48. The maximum Gasteiger partial charge on any atom is 0.317 e. The molecule has 4 nitrogen and oxygen atoms in total. The molecule has 1 aromatic heterocycles. The van der Waals surface area contributed by atoms with E-state index < -0.39 is 0 Å². The van der Waals surface area contributed by atoms with Gasteiger partial charge in [-0.05, 0) is 49.9 Å². The Bertz CT molecular complexity index is 663. The van der Waals surface area contributed by atoms with Gasteiger partial charge in [0, 0.05) is 37.6 Å². The lowest BCUT2D eigenvalue weighted by Crippen LogP contribution is -2.47. The molecule has 3 rings (SSSR count). The molecule has 1 aliphatic heterocycles. The van der Waals surface area contributed by atoms with Gasteiger partial charge in [-0.2, -0.15) is 0 Å². The molecule has 2 aromatic rings.